The summed E-state index contributed by atoms with van der Waals surface area (Å²) in [5.74, 6) is -0.265. The van der Waals surface area contributed by atoms with E-state index in [2.05, 4.69) is 0 Å². The minimum absolute atomic E-state index is 0.0208. The smallest absolute Gasteiger partial charge is 0.409 e. The number of nitrogens with zero attached hydrogens (tertiary/aromatic N) is 1. The molecule has 0 bridgehead atoms. The van der Waals surface area contributed by atoms with Crippen LogP contribution in [0.25, 0.3) is 0 Å². The fourth-order valence-corrected chi connectivity index (χ4v) is 3.07. The van der Waals surface area contributed by atoms with Crippen LogP contribution in [0.15, 0.2) is 30.3 Å². The SMILES string of the molecule is CCCCC(=O)[C@H](Cl)[C@@H](c1ccccc1)[C@H](C)N(C)C(=O)OC. The summed E-state index contributed by atoms with van der Waals surface area (Å²) in [4.78, 5) is 25.7. The number of ether oxygens (including phenoxy) is 1. The molecule has 3 atom stereocenters. The van der Waals surface area contributed by atoms with E-state index in [0.717, 1.165) is 18.4 Å². The molecule has 0 unspecified atom stereocenters. The van der Waals surface area contributed by atoms with Crippen LogP contribution in [-0.2, 0) is 9.53 Å². The summed E-state index contributed by atoms with van der Waals surface area (Å²) >= 11 is 6.53. The number of carbonyl (C=O) groups is 2. The normalized spacial score (nSPS) is 14.7. The zero-order valence-electron chi connectivity index (χ0n) is 14.3. The van der Waals surface area contributed by atoms with Crippen molar-refractivity contribution in [1.29, 1.82) is 0 Å². The van der Waals surface area contributed by atoms with Gasteiger partial charge in [-0.05, 0) is 18.9 Å². The summed E-state index contributed by atoms with van der Waals surface area (Å²) in [6, 6.07) is 9.35. The van der Waals surface area contributed by atoms with Gasteiger partial charge in [-0.25, -0.2) is 4.79 Å². The summed E-state index contributed by atoms with van der Waals surface area (Å²) in [5.41, 5.74) is 0.945. The number of rotatable bonds is 8. The van der Waals surface area contributed by atoms with Crippen LogP contribution in [0.3, 0.4) is 0 Å². The van der Waals surface area contributed by atoms with Crippen molar-refractivity contribution in [3.05, 3.63) is 35.9 Å². The molecule has 1 amide bonds. The van der Waals surface area contributed by atoms with Gasteiger partial charge in [-0.15, -0.1) is 11.6 Å². The molecule has 5 heteroatoms. The summed E-state index contributed by atoms with van der Waals surface area (Å²) < 4.78 is 4.78. The second kappa shape index (κ2) is 9.56. The van der Waals surface area contributed by atoms with Gasteiger partial charge in [0.15, 0.2) is 5.78 Å². The quantitative estimate of drug-likeness (QED) is 0.666. The Bertz CT molecular complexity index is 506. The number of amides is 1. The number of hydrogen-bond donors (Lipinski definition) is 0. The lowest BCUT2D eigenvalue weighted by Crippen LogP contribution is -2.43. The predicted molar refractivity (Wildman–Crippen MR) is 93.0 cm³/mol. The molecule has 0 N–H and O–H groups in total. The molecule has 1 rings (SSSR count). The van der Waals surface area contributed by atoms with Crippen LogP contribution in [0.4, 0.5) is 4.79 Å². The van der Waals surface area contributed by atoms with Crippen molar-refractivity contribution in [2.75, 3.05) is 14.2 Å². The first-order valence-corrected chi connectivity index (χ1v) is 8.40. The van der Waals surface area contributed by atoms with Gasteiger partial charge in [-0.3, -0.25) is 4.79 Å². The van der Waals surface area contributed by atoms with E-state index in [1.165, 1.54) is 12.0 Å². The highest BCUT2D eigenvalue weighted by molar-refractivity contribution is 6.31. The first kappa shape index (κ1) is 19.5. The van der Waals surface area contributed by atoms with Gasteiger partial charge in [0.05, 0.1) is 7.11 Å². The molecule has 0 aromatic heterocycles. The maximum atomic E-state index is 12.4. The van der Waals surface area contributed by atoms with Crippen LogP contribution in [0, 0.1) is 0 Å². The number of ketones is 1. The lowest BCUT2D eigenvalue weighted by atomic mass is 9.86. The third kappa shape index (κ3) is 5.24. The number of benzene rings is 1. The first-order chi connectivity index (χ1) is 10.9. The van der Waals surface area contributed by atoms with E-state index in [4.69, 9.17) is 16.3 Å². The number of likely N-dealkylation sites (N-methyl/N-ethyl adjacent to an activating group) is 1. The standard InChI is InChI=1S/C18H26ClNO3/c1-5-6-12-15(21)17(19)16(14-10-8-7-9-11-14)13(2)20(3)18(22)23-4/h7-11,13,16-17H,5-6,12H2,1-4H3/t13-,16+,17-/m0/s1. The van der Waals surface area contributed by atoms with E-state index in [-0.39, 0.29) is 17.7 Å². The molecule has 1 aromatic carbocycles. The fourth-order valence-electron chi connectivity index (χ4n) is 2.61. The van der Waals surface area contributed by atoms with E-state index in [1.54, 1.807) is 7.05 Å². The van der Waals surface area contributed by atoms with Gasteiger partial charge >= 0.3 is 6.09 Å². The third-order valence-electron chi connectivity index (χ3n) is 4.18. The highest BCUT2D eigenvalue weighted by atomic mass is 35.5. The largest absolute Gasteiger partial charge is 0.453 e. The Kier molecular flexibility index (Phi) is 8.10. The Morgan fingerprint density at radius 3 is 2.39 bits per heavy atom. The number of alkyl halides is 1. The van der Waals surface area contributed by atoms with Gasteiger partial charge in [0.2, 0.25) is 0 Å². The maximum absolute atomic E-state index is 12.4. The van der Waals surface area contributed by atoms with Crippen molar-refractivity contribution in [3.63, 3.8) is 0 Å². The van der Waals surface area contributed by atoms with Crippen LogP contribution in [0.1, 0.15) is 44.6 Å². The Morgan fingerprint density at radius 1 is 1.26 bits per heavy atom. The van der Waals surface area contributed by atoms with Crippen LogP contribution in [0.5, 0.6) is 0 Å². The molecular weight excluding hydrogens is 314 g/mol. The molecule has 0 aliphatic carbocycles. The third-order valence-corrected chi connectivity index (χ3v) is 4.69. The topological polar surface area (TPSA) is 46.6 Å². The number of carbonyl (C=O) groups excluding carboxylic acids is 2. The van der Waals surface area contributed by atoms with E-state index in [0.29, 0.717) is 6.42 Å². The van der Waals surface area contributed by atoms with E-state index < -0.39 is 11.5 Å². The lowest BCUT2D eigenvalue weighted by molar-refractivity contribution is -0.119. The average Bonchev–Trinajstić information content (AvgIpc) is 2.59. The Hall–Kier alpha value is -1.55. The predicted octanol–water partition coefficient (Wildman–Crippen LogP) is 4.22. The van der Waals surface area contributed by atoms with Crippen molar-refractivity contribution < 1.29 is 14.3 Å². The van der Waals surface area contributed by atoms with E-state index in [9.17, 15) is 9.59 Å². The second-order valence-corrected chi connectivity index (χ2v) is 6.20. The summed E-state index contributed by atoms with van der Waals surface area (Å²) in [6.45, 7) is 3.93. The molecule has 1 aromatic rings. The first-order valence-electron chi connectivity index (χ1n) is 7.96. The van der Waals surface area contributed by atoms with Crippen molar-refractivity contribution in [2.24, 2.45) is 0 Å². The summed E-state index contributed by atoms with van der Waals surface area (Å²) in [5, 5.41) is -0.675. The molecule has 0 aliphatic rings. The molecular formula is C18H26ClNO3. The number of Topliss-reactive ketones (excluding diaryl/α,β-unsaturated/α-hetero) is 1. The second-order valence-electron chi connectivity index (χ2n) is 5.73. The van der Waals surface area contributed by atoms with Crippen molar-refractivity contribution in [3.8, 4) is 0 Å². The van der Waals surface area contributed by atoms with Crippen LogP contribution in [-0.4, -0.2) is 42.4 Å². The van der Waals surface area contributed by atoms with Crippen LogP contribution in [0.2, 0.25) is 0 Å². The van der Waals surface area contributed by atoms with Gasteiger partial charge in [0.1, 0.15) is 5.38 Å². The Labute approximate surface area is 143 Å². The number of unbranched alkanes of at least 4 members (excludes halogenated alkanes) is 1. The van der Waals surface area contributed by atoms with Gasteiger partial charge in [0, 0.05) is 25.4 Å². The van der Waals surface area contributed by atoms with Gasteiger partial charge in [0.25, 0.3) is 0 Å². The van der Waals surface area contributed by atoms with Crippen molar-refractivity contribution in [2.45, 2.75) is 50.4 Å². The zero-order valence-corrected chi connectivity index (χ0v) is 15.0. The monoisotopic (exact) mass is 339 g/mol. The van der Waals surface area contributed by atoms with Gasteiger partial charge in [-0.2, -0.15) is 0 Å². The summed E-state index contributed by atoms with van der Waals surface area (Å²) in [6.07, 6.45) is 1.79. The lowest BCUT2D eigenvalue weighted by Gasteiger charge is -2.33. The molecule has 0 radical (unpaired) electrons. The maximum Gasteiger partial charge on any atom is 0.409 e. The van der Waals surface area contributed by atoms with Crippen LogP contribution < -0.4 is 0 Å². The molecule has 0 spiro atoms. The number of methoxy groups -OCH3 is 1. The molecule has 128 valence electrons. The molecule has 23 heavy (non-hydrogen) atoms. The van der Waals surface area contributed by atoms with Crippen LogP contribution >= 0.6 is 11.6 Å². The Balaban J connectivity index is 3.07. The minimum atomic E-state index is -0.675. The number of hydrogen-bond acceptors (Lipinski definition) is 3. The Morgan fingerprint density at radius 2 is 1.87 bits per heavy atom. The summed E-state index contributed by atoms with van der Waals surface area (Å²) in [7, 11) is 3.00. The molecule has 0 heterocycles. The van der Waals surface area contributed by atoms with E-state index >= 15 is 0 Å². The van der Waals surface area contributed by atoms with E-state index in [1.807, 2.05) is 44.2 Å². The van der Waals surface area contributed by atoms with Gasteiger partial charge < -0.3 is 9.64 Å². The highest BCUT2D eigenvalue weighted by Crippen LogP contribution is 2.31. The molecule has 4 nitrogen and oxygen atoms in total. The van der Waals surface area contributed by atoms with Gasteiger partial charge in [-0.1, -0.05) is 43.7 Å². The zero-order chi connectivity index (χ0) is 17.4. The minimum Gasteiger partial charge on any atom is -0.453 e. The fraction of sp³-hybridized carbons (Fsp3) is 0.556. The highest BCUT2D eigenvalue weighted by Gasteiger charge is 2.35. The molecule has 0 saturated heterocycles. The van der Waals surface area contributed by atoms with Crippen molar-refractivity contribution >= 4 is 23.5 Å². The molecule has 0 aliphatic heterocycles. The number of halogens is 1. The van der Waals surface area contributed by atoms with Crippen molar-refractivity contribution in [1.82, 2.24) is 4.90 Å². The molecule has 0 fully saturated rings. The molecule has 0 saturated carbocycles. The average molecular weight is 340 g/mol.